The Labute approximate surface area is 161 Å². The lowest BCUT2D eigenvalue weighted by Crippen LogP contribution is -2.45. The number of nitrogens with one attached hydrogen (secondary N) is 1. The molecule has 0 aliphatic carbocycles. The minimum absolute atomic E-state index is 0.772. The van der Waals surface area contributed by atoms with Crippen LogP contribution in [0.1, 0.15) is 5.69 Å². The fraction of sp³-hybridized carbons (Fsp3) is 0.500. The van der Waals surface area contributed by atoms with Crippen LogP contribution in [0.25, 0.3) is 0 Å². The lowest BCUT2D eigenvalue weighted by Gasteiger charge is -2.33. The zero-order valence-corrected chi connectivity index (χ0v) is 16.2. The fourth-order valence-corrected chi connectivity index (χ4v) is 3.56. The van der Waals surface area contributed by atoms with Gasteiger partial charge in [-0.15, -0.1) is 0 Å². The molecule has 0 spiro atoms. The predicted molar refractivity (Wildman–Crippen MR) is 109 cm³/mol. The van der Waals surface area contributed by atoms with Crippen molar-refractivity contribution in [3.05, 3.63) is 36.0 Å². The molecule has 7 nitrogen and oxygen atoms in total. The van der Waals surface area contributed by atoms with E-state index in [1.807, 2.05) is 13.0 Å². The van der Waals surface area contributed by atoms with Crippen molar-refractivity contribution in [1.82, 2.24) is 14.9 Å². The quantitative estimate of drug-likeness (QED) is 0.887. The molecule has 0 bridgehead atoms. The lowest BCUT2D eigenvalue weighted by atomic mass is 10.2. The van der Waals surface area contributed by atoms with Crippen molar-refractivity contribution >= 4 is 23.1 Å². The second-order valence-electron chi connectivity index (χ2n) is 7.23. The molecule has 2 fully saturated rings. The number of nitrogens with zero attached hydrogens (tertiary/aromatic N) is 5. The van der Waals surface area contributed by atoms with Crippen molar-refractivity contribution in [1.29, 1.82) is 0 Å². The van der Waals surface area contributed by atoms with E-state index in [-0.39, 0.29) is 0 Å². The Morgan fingerprint density at radius 2 is 1.67 bits per heavy atom. The maximum Gasteiger partial charge on any atom is 0.227 e. The molecule has 1 N–H and O–H groups in total. The Morgan fingerprint density at radius 1 is 0.926 bits per heavy atom. The van der Waals surface area contributed by atoms with Crippen LogP contribution < -0.4 is 15.1 Å². The third-order valence-electron chi connectivity index (χ3n) is 5.15. The summed E-state index contributed by atoms with van der Waals surface area (Å²) in [7, 11) is 2.16. The van der Waals surface area contributed by atoms with Crippen molar-refractivity contribution < 1.29 is 4.74 Å². The SMILES string of the molecule is Cc1cc(Nc2ccccc2N2CCOCC2)nc(N2CCN(C)CC2)n1. The van der Waals surface area contributed by atoms with Gasteiger partial charge in [0, 0.05) is 51.0 Å². The normalized spacial score (nSPS) is 18.6. The molecule has 0 amide bonds. The first-order valence-corrected chi connectivity index (χ1v) is 9.67. The highest BCUT2D eigenvalue weighted by atomic mass is 16.5. The molecule has 0 atom stereocenters. The predicted octanol–water partition coefficient (Wildman–Crippen LogP) is 2.12. The van der Waals surface area contributed by atoms with E-state index in [9.17, 15) is 0 Å². The van der Waals surface area contributed by atoms with E-state index in [1.165, 1.54) is 5.69 Å². The molecule has 27 heavy (non-hydrogen) atoms. The number of hydrogen-bond acceptors (Lipinski definition) is 7. The highest BCUT2D eigenvalue weighted by molar-refractivity contribution is 5.74. The summed E-state index contributed by atoms with van der Waals surface area (Å²) in [4.78, 5) is 16.4. The van der Waals surface area contributed by atoms with Crippen molar-refractivity contribution in [2.75, 3.05) is 74.6 Å². The van der Waals surface area contributed by atoms with Gasteiger partial charge < -0.3 is 24.8 Å². The average Bonchev–Trinajstić information content (AvgIpc) is 2.69. The fourth-order valence-electron chi connectivity index (χ4n) is 3.56. The Morgan fingerprint density at radius 3 is 2.44 bits per heavy atom. The number of aromatic nitrogens is 2. The number of aryl methyl sites for hydroxylation is 1. The molecule has 0 unspecified atom stereocenters. The smallest absolute Gasteiger partial charge is 0.227 e. The number of rotatable bonds is 4. The zero-order valence-electron chi connectivity index (χ0n) is 16.2. The summed E-state index contributed by atoms with van der Waals surface area (Å²) in [6, 6.07) is 10.4. The first-order valence-electron chi connectivity index (χ1n) is 9.67. The summed E-state index contributed by atoms with van der Waals surface area (Å²) in [5.74, 6) is 1.66. The molecule has 2 saturated heterocycles. The number of likely N-dealkylation sites (N-methyl/N-ethyl adjacent to an activating group) is 1. The summed E-state index contributed by atoms with van der Waals surface area (Å²) in [6.07, 6.45) is 0. The molecule has 4 rings (SSSR count). The number of ether oxygens (including phenoxy) is 1. The van der Waals surface area contributed by atoms with Gasteiger partial charge in [0.25, 0.3) is 0 Å². The monoisotopic (exact) mass is 368 g/mol. The standard InChI is InChI=1S/C20H28N6O/c1-16-15-19(23-20(21-16)26-9-7-24(2)8-10-26)22-17-5-3-4-6-18(17)25-11-13-27-14-12-25/h3-6,15H,7-14H2,1-2H3,(H,21,22,23). The number of para-hydroxylation sites is 2. The van der Waals surface area contributed by atoms with E-state index in [0.29, 0.717) is 0 Å². The molecule has 2 aliphatic rings. The van der Waals surface area contributed by atoms with Crippen LogP contribution in [0.3, 0.4) is 0 Å². The molecule has 144 valence electrons. The second-order valence-corrected chi connectivity index (χ2v) is 7.23. The highest BCUT2D eigenvalue weighted by Gasteiger charge is 2.18. The summed E-state index contributed by atoms with van der Waals surface area (Å²) >= 11 is 0. The molecule has 2 aromatic rings. The topological polar surface area (TPSA) is 56.8 Å². The third-order valence-corrected chi connectivity index (χ3v) is 5.15. The van der Waals surface area contributed by atoms with Crippen LogP contribution in [0, 0.1) is 6.92 Å². The van der Waals surface area contributed by atoms with Gasteiger partial charge in [0.1, 0.15) is 5.82 Å². The minimum atomic E-state index is 0.772. The van der Waals surface area contributed by atoms with E-state index in [0.717, 1.165) is 75.6 Å². The first kappa shape index (κ1) is 18.0. The van der Waals surface area contributed by atoms with Crippen molar-refractivity contribution in [3.63, 3.8) is 0 Å². The maximum absolute atomic E-state index is 5.49. The first-order chi connectivity index (χ1) is 13.2. The number of benzene rings is 1. The molecule has 0 radical (unpaired) electrons. The van der Waals surface area contributed by atoms with Gasteiger partial charge in [-0.05, 0) is 26.1 Å². The summed E-state index contributed by atoms with van der Waals surface area (Å²) in [6.45, 7) is 9.40. The van der Waals surface area contributed by atoms with Gasteiger partial charge in [0.15, 0.2) is 0 Å². The van der Waals surface area contributed by atoms with Crippen LogP contribution in [-0.2, 0) is 4.74 Å². The molecule has 7 heteroatoms. The number of piperazine rings is 1. The Kier molecular flexibility index (Phi) is 5.40. The van der Waals surface area contributed by atoms with Gasteiger partial charge >= 0.3 is 0 Å². The summed E-state index contributed by atoms with van der Waals surface area (Å²) in [5.41, 5.74) is 3.24. The van der Waals surface area contributed by atoms with Crippen LogP contribution in [0.5, 0.6) is 0 Å². The third kappa shape index (κ3) is 4.31. The highest BCUT2D eigenvalue weighted by Crippen LogP contribution is 2.29. The molecular formula is C20H28N6O. The Bertz CT molecular complexity index is 769. The van der Waals surface area contributed by atoms with Gasteiger partial charge in [-0.2, -0.15) is 4.98 Å². The molecule has 1 aromatic carbocycles. The van der Waals surface area contributed by atoms with Crippen molar-refractivity contribution in [2.45, 2.75) is 6.92 Å². The maximum atomic E-state index is 5.49. The van der Waals surface area contributed by atoms with Gasteiger partial charge in [-0.1, -0.05) is 12.1 Å². The van der Waals surface area contributed by atoms with Crippen LogP contribution >= 0.6 is 0 Å². The van der Waals surface area contributed by atoms with Crippen molar-refractivity contribution in [2.24, 2.45) is 0 Å². The number of anilines is 4. The summed E-state index contributed by atoms with van der Waals surface area (Å²) < 4.78 is 5.49. The van der Waals surface area contributed by atoms with Gasteiger partial charge in [0.2, 0.25) is 5.95 Å². The Balaban J connectivity index is 1.56. The molecule has 2 aliphatic heterocycles. The molecular weight excluding hydrogens is 340 g/mol. The molecule has 0 saturated carbocycles. The van der Waals surface area contributed by atoms with Crippen LogP contribution in [0.15, 0.2) is 30.3 Å². The Hall–Kier alpha value is -2.38. The second kappa shape index (κ2) is 8.10. The van der Waals surface area contributed by atoms with Crippen LogP contribution in [-0.4, -0.2) is 74.4 Å². The van der Waals surface area contributed by atoms with E-state index in [4.69, 9.17) is 9.72 Å². The zero-order chi connectivity index (χ0) is 18.6. The van der Waals surface area contributed by atoms with E-state index in [2.05, 4.69) is 56.3 Å². The average molecular weight is 368 g/mol. The van der Waals surface area contributed by atoms with E-state index in [1.54, 1.807) is 0 Å². The van der Waals surface area contributed by atoms with Crippen LogP contribution in [0.4, 0.5) is 23.1 Å². The van der Waals surface area contributed by atoms with Gasteiger partial charge in [0.05, 0.1) is 24.6 Å². The van der Waals surface area contributed by atoms with Crippen LogP contribution in [0.2, 0.25) is 0 Å². The van der Waals surface area contributed by atoms with E-state index < -0.39 is 0 Å². The molecule has 3 heterocycles. The van der Waals surface area contributed by atoms with Gasteiger partial charge in [-0.25, -0.2) is 4.98 Å². The van der Waals surface area contributed by atoms with Gasteiger partial charge in [-0.3, -0.25) is 0 Å². The largest absolute Gasteiger partial charge is 0.378 e. The minimum Gasteiger partial charge on any atom is -0.378 e. The summed E-state index contributed by atoms with van der Waals surface area (Å²) in [5, 5.41) is 3.53. The number of hydrogen-bond donors (Lipinski definition) is 1. The van der Waals surface area contributed by atoms with Crippen molar-refractivity contribution in [3.8, 4) is 0 Å². The van der Waals surface area contributed by atoms with E-state index >= 15 is 0 Å². The lowest BCUT2D eigenvalue weighted by molar-refractivity contribution is 0.123. The number of morpholine rings is 1. The molecule has 1 aromatic heterocycles.